The first-order chi connectivity index (χ1) is 9.62. The fraction of sp³-hybridized carbons (Fsp3) is 0.533. The van der Waals surface area contributed by atoms with Crippen molar-refractivity contribution in [2.24, 2.45) is 5.73 Å². The normalized spacial score (nSPS) is 11.8. The van der Waals surface area contributed by atoms with E-state index < -0.39 is 6.04 Å². The topological polar surface area (TPSA) is 73.6 Å². The van der Waals surface area contributed by atoms with E-state index in [2.05, 4.69) is 5.32 Å². The number of benzene rings is 1. The lowest BCUT2D eigenvalue weighted by molar-refractivity contribution is -0.122. The van der Waals surface area contributed by atoms with Crippen molar-refractivity contribution >= 4 is 5.91 Å². The van der Waals surface area contributed by atoms with Crippen LogP contribution in [0.4, 0.5) is 0 Å². The van der Waals surface area contributed by atoms with Gasteiger partial charge in [-0.1, -0.05) is 13.3 Å². The fourth-order valence-electron chi connectivity index (χ4n) is 1.97. The molecule has 0 saturated heterocycles. The molecule has 1 aromatic carbocycles. The second-order valence-electron chi connectivity index (χ2n) is 4.61. The summed E-state index contributed by atoms with van der Waals surface area (Å²) in [6.07, 6.45) is 2.28. The Kier molecular flexibility index (Phi) is 6.87. The monoisotopic (exact) mass is 280 g/mol. The van der Waals surface area contributed by atoms with Crippen LogP contribution in [-0.2, 0) is 11.2 Å². The highest BCUT2D eigenvalue weighted by Gasteiger charge is 2.12. The van der Waals surface area contributed by atoms with E-state index in [1.807, 2.05) is 25.1 Å². The predicted octanol–water partition coefficient (Wildman–Crippen LogP) is 1.49. The number of nitrogens with two attached hydrogens (primary N) is 1. The van der Waals surface area contributed by atoms with Gasteiger partial charge in [0.25, 0.3) is 0 Å². The summed E-state index contributed by atoms with van der Waals surface area (Å²) >= 11 is 0. The van der Waals surface area contributed by atoms with Crippen molar-refractivity contribution in [3.63, 3.8) is 0 Å². The van der Waals surface area contributed by atoms with Crippen LogP contribution in [0.15, 0.2) is 18.2 Å². The van der Waals surface area contributed by atoms with E-state index in [4.69, 9.17) is 15.2 Å². The van der Waals surface area contributed by atoms with Gasteiger partial charge in [-0.3, -0.25) is 4.79 Å². The molecule has 112 valence electrons. The van der Waals surface area contributed by atoms with Crippen molar-refractivity contribution in [1.29, 1.82) is 0 Å². The molecule has 20 heavy (non-hydrogen) atoms. The highest BCUT2D eigenvalue weighted by atomic mass is 16.5. The molecule has 1 unspecified atom stereocenters. The van der Waals surface area contributed by atoms with Crippen LogP contribution in [0, 0.1) is 0 Å². The third kappa shape index (κ3) is 4.74. The quantitative estimate of drug-likeness (QED) is 0.756. The number of ether oxygens (including phenoxy) is 2. The van der Waals surface area contributed by atoms with Gasteiger partial charge in [0.1, 0.15) is 11.5 Å². The minimum absolute atomic E-state index is 0.103. The standard InChI is InChI=1S/C15H24N2O3/c1-4-5-13(16)15(18)17-9-8-11-10-12(19-2)6-7-14(11)20-3/h6-7,10,13H,4-5,8-9,16H2,1-3H3,(H,17,18). The highest BCUT2D eigenvalue weighted by Crippen LogP contribution is 2.24. The average molecular weight is 280 g/mol. The molecule has 0 bridgehead atoms. The summed E-state index contributed by atoms with van der Waals surface area (Å²) in [5.41, 5.74) is 6.75. The molecule has 0 aliphatic rings. The molecule has 1 aromatic rings. The number of rotatable bonds is 8. The molecule has 0 aliphatic heterocycles. The first-order valence-corrected chi connectivity index (χ1v) is 6.86. The molecule has 5 heteroatoms. The van der Waals surface area contributed by atoms with Gasteiger partial charge in [0.15, 0.2) is 0 Å². The maximum absolute atomic E-state index is 11.7. The Morgan fingerprint density at radius 1 is 1.35 bits per heavy atom. The summed E-state index contributed by atoms with van der Waals surface area (Å²) in [5, 5.41) is 2.84. The van der Waals surface area contributed by atoms with Gasteiger partial charge in [-0.25, -0.2) is 0 Å². The van der Waals surface area contributed by atoms with E-state index in [0.29, 0.717) is 19.4 Å². The van der Waals surface area contributed by atoms with Crippen LogP contribution in [0.5, 0.6) is 11.5 Å². The van der Waals surface area contributed by atoms with E-state index in [-0.39, 0.29) is 5.91 Å². The van der Waals surface area contributed by atoms with Crippen molar-refractivity contribution in [1.82, 2.24) is 5.32 Å². The molecule has 1 atom stereocenters. The molecule has 1 amide bonds. The van der Waals surface area contributed by atoms with Crippen LogP contribution in [0.25, 0.3) is 0 Å². The number of nitrogens with one attached hydrogen (secondary N) is 1. The van der Waals surface area contributed by atoms with Crippen molar-refractivity contribution in [2.75, 3.05) is 20.8 Å². The Hall–Kier alpha value is -1.75. The molecule has 3 N–H and O–H groups in total. The van der Waals surface area contributed by atoms with Crippen molar-refractivity contribution in [3.8, 4) is 11.5 Å². The van der Waals surface area contributed by atoms with Crippen LogP contribution in [0.3, 0.4) is 0 Å². The van der Waals surface area contributed by atoms with Crippen molar-refractivity contribution < 1.29 is 14.3 Å². The maximum Gasteiger partial charge on any atom is 0.236 e. The summed E-state index contributed by atoms with van der Waals surface area (Å²) < 4.78 is 10.5. The van der Waals surface area contributed by atoms with Crippen molar-refractivity contribution in [2.45, 2.75) is 32.2 Å². The molecular weight excluding hydrogens is 256 g/mol. The zero-order chi connectivity index (χ0) is 15.0. The van der Waals surface area contributed by atoms with E-state index in [9.17, 15) is 4.79 Å². The van der Waals surface area contributed by atoms with Crippen LogP contribution in [-0.4, -0.2) is 32.7 Å². The molecule has 5 nitrogen and oxygen atoms in total. The van der Waals surface area contributed by atoms with Crippen molar-refractivity contribution in [3.05, 3.63) is 23.8 Å². The summed E-state index contributed by atoms with van der Waals surface area (Å²) in [6.45, 7) is 2.54. The van der Waals surface area contributed by atoms with Gasteiger partial charge in [-0.2, -0.15) is 0 Å². The Labute approximate surface area is 120 Å². The lowest BCUT2D eigenvalue weighted by Crippen LogP contribution is -2.41. The number of amides is 1. The van der Waals surface area contributed by atoms with Crippen LogP contribution in [0.1, 0.15) is 25.3 Å². The minimum Gasteiger partial charge on any atom is -0.497 e. The van der Waals surface area contributed by atoms with Gasteiger partial charge >= 0.3 is 0 Å². The summed E-state index contributed by atoms with van der Waals surface area (Å²) in [7, 11) is 3.25. The van der Waals surface area contributed by atoms with E-state index in [1.54, 1.807) is 14.2 Å². The van der Waals surface area contributed by atoms with Gasteiger partial charge in [0, 0.05) is 6.54 Å². The second-order valence-corrected chi connectivity index (χ2v) is 4.61. The summed E-state index contributed by atoms with van der Waals surface area (Å²) in [5.74, 6) is 1.46. The third-order valence-electron chi connectivity index (χ3n) is 3.12. The molecule has 0 fully saturated rings. The average Bonchev–Trinajstić information content (AvgIpc) is 2.47. The highest BCUT2D eigenvalue weighted by molar-refractivity contribution is 5.81. The molecule has 0 radical (unpaired) electrons. The molecule has 0 aliphatic carbocycles. The fourth-order valence-corrected chi connectivity index (χ4v) is 1.97. The number of hydrogen-bond donors (Lipinski definition) is 2. The van der Waals surface area contributed by atoms with Crippen LogP contribution >= 0.6 is 0 Å². The first-order valence-electron chi connectivity index (χ1n) is 6.86. The van der Waals surface area contributed by atoms with E-state index in [1.165, 1.54) is 0 Å². The molecular formula is C15H24N2O3. The van der Waals surface area contributed by atoms with Gasteiger partial charge in [0.2, 0.25) is 5.91 Å². The Morgan fingerprint density at radius 3 is 2.70 bits per heavy atom. The molecule has 0 aromatic heterocycles. The Morgan fingerprint density at radius 2 is 2.10 bits per heavy atom. The van der Waals surface area contributed by atoms with Gasteiger partial charge in [-0.15, -0.1) is 0 Å². The number of hydrogen-bond acceptors (Lipinski definition) is 4. The summed E-state index contributed by atoms with van der Waals surface area (Å²) in [6, 6.07) is 5.20. The van der Waals surface area contributed by atoms with E-state index >= 15 is 0 Å². The molecule has 1 rings (SSSR count). The Balaban J connectivity index is 2.54. The van der Waals surface area contributed by atoms with E-state index in [0.717, 1.165) is 23.5 Å². The summed E-state index contributed by atoms with van der Waals surface area (Å²) in [4.78, 5) is 11.7. The van der Waals surface area contributed by atoms with Gasteiger partial charge < -0.3 is 20.5 Å². The number of carbonyl (C=O) groups excluding carboxylic acids is 1. The number of methoxy groups -OCH3 is 2. The molecule has 0 saturated carbocycles. The Bertz CT molecular complexity index is 435. The smallest absolute Gasteiger partial charge is 0.236 e. The molecule has 0 spiro atoms. The lowest BCUT2D eigenvalue weighted by Gasteiger charge is -2.13. The maximum atomic E-state index is 11.7. The first kappa shape index (κ1) is 16.3. The minimum atomic E-state index is -0.424. The lowest BCUT2D eigenvalue weighted by atomic mass is 10.1. The SMILES string of the molecule is CCCC(N)C(=O)NCCc1cc(OC)ccc1OC. The van der Waals surface area contributed by atoms with Gasteiger partial charge in [-0.05, 0) is 36.6 Å². The van der Waals surface area contributed by atoms with Crippen LogP contribution < -0.4 is 20.5 Å². The third-order valence-corrected chi connectivity index (χ3v) is 3.12. The zero-order valence-corrected chi connectivity index (χ0v) is 12.4. The van der Waals surface area contributed by atoms with Gasteiger partial charge in [0.05, 0.1) is 20.3 Å². The number of carbonyl (C=O) groups is 1. The zero-order valence-electron chi connectivity index (χ0n) is 12.4. The molecule has 0 heterocycles. The predicted molar refractivity (Wildman–Crippen MR) is 79.1 cm³/mol. The largest absolute Gasteiger partial charge is 0.497 e. The second kappa shape index (κ2) is 8.43. The van der Waals surface area contributed by atoms with Crippen LogP contribution in [0.2, 0.25) is 0 Å².